The fourth-order valence-corrected chi connectivity index (χ4v) is 2.64. The molecule has 1 N–H and O–H groups in total. The number of fused-ring (bicyclic) bond motifs is 1. The molecule has 3 rings (SSSR count). The number of piperidine rings is 1. The summed E-state index contributed by atoms with van der Waals surface area (Å²) in [4.78, 5) is 8.80. The van der Waals surface area contributed by atoms with Gasteiger partial charge in [0.2, 0.25) is 0 Å². The third kappa shape index (κ3) is 2.05. The second-order valence-electron chi connectivity index (χ2n) is 4.87. The van der Waals surface area contributed by atoms with Crippen LogP contribution in [0.15, 0.2) is 18.5 Å². The Labute approximate surface area is 101 Å². The molecule has 0 aliphatic carbocycles. The smallest absolute Gasteiger partial charge is 0.109 e. The van der Waals surface area contributed by atoms with Crippen LogP contribution < -0.4 is 5.32 Å². The van der Waals surface area contributed by atoms with Gasteiger partial charge in [-0.25, -0.2) is 4.98 Å². The summed E-state index contributed by atoms with van der Waals surface area (Å²) >= 11 is 0. The Balaban J connectivity index is 1.87. The predicted molar refractivity (Wildman–Crippen MR) is 67.8 cm³/mol. The van der Waals surface area contributed by atoms with Gasteiger partial charge in [0.15, 0.2) is 0 Å². The number of imidazole rings is 1. The highest BCUT2D eigenvalue weighted by Gasteiger charge is 2.17. The summed E-state index contributed by atoms with van der Waals surface area (Å²) < 4.78 is 2.20. The summed E-state index contributed by atoms with van der Waals surface area (Å²) in [6.07, 6.45) is 7.34. The maximum atomic E-state index is 4.68. The molecule has 90 valence electrons. The number of hydrogen-bond acceptors (Lipinski definition) is 3. The lowest BCUT2D eigenvalue weighted by Crippen LogP contribution is -2.31. The monoisotopic (exact) mass is 230 g/mol. The molecule has 0 radical (unpaired) electrons. The third-order valence-electron chi connectivity index (χ3n) is 3.65. The molecule has 1 aliphatic heterocycles. The summed E-state index contributed by atoms with van der Waals surface area (Å²) in [5, 5.41) is 3.46. The van der Waals surface area contributed by atoms with Crippen LogP contribution in [0, 0.1) is 5.92 Å². The molecule has 1 fully saturated rings. The van der Waals surface area contributed by atoms with E-state index >= 15 is 0 Å². The number of nitrogens with zero attached hydrogens (tertiary/aromatic N) is 3. The molecule has 2 aromatic heterocycles. The molecule has 1 unspecified atom stereocenters. The van der Waals surface area contributed by atoms with E-state index in [1.54, 1.807) is 0 Å². The van der Waals surface area contributed by atoms with Gasteiger partial charge >= 0.3 is 0 Å². The summed E-state index contributed by atoms with van der Waals surface area (Å²) in [6.45, 7) is 2.30. The zero-order valence-corrected chi connectivity index (χ0v) is 10.2. The van der Waals surface area contributed by atoms with Crippen molar-refractivity contribution in [1.29, 1.82) is 0 Å². The van der Waals surface area contributed by atoms with Crippen LogP contribution in [-0.2, 0) is 13.5 Å². The molecule has 1 saturated heterocycles. The van der Waals surface area contributed by atoms with Gasteiger partial charge in [0, 0.05) is 19.7 Å². The van der Waals surface area contributed by atoms with Crippen molar-refractivity contribution in [2.45, 2.75) is 19.3 Å². The van der Waals surface area contributed by atoms with E-state index in [2.05, 4.69) is 26.9 Å². The first kappa shape index (κ1) is 10.7. The Morgan fingerprint density at radius 3 is 3.24 bits per heavy atom. The van der Waals surface area contributed by atoms with Crippen LogP contribution in [0.1, 0.15) is 18.7 Å². The first-order valence-electron chi connectivity index (χ1n) is 6.30. The van der Waals surface area contributed by atoms with E-state index in [0.717, 1.165) is 24.4 Å². The van der Waals surface area contributed by atoms with E-state index in [1.165, 1.54) is 30.7 Å². The fourth-order valence-electron chi connectivity index (χ4n) is 2.64. The van der Waals surface area contributed by atoms with E-state index < -0.39 is 0 Å². The molecule has 4 nitrogen and oxygen atoms in total. The van der Waals surface area contributed by atoms with E-state index in [9.17, 15) is 0 Å². The number of pyridine rings is 1. The number of rotatable bonds is 2. The average molecular weight is 230 g/mol. The number of nitrogens with one attached hydrogen (secondary N) is 1. The maximum Gasteiger partial charge on any atom is 0.109 e. The van der Waals surface area contributed by atoms with Crippen molar-refractivity contribution in [2.24, 2.45) is 13.0 Å². The number of hydrogen-bond donors (Lipinski definition) is 1. The molecule has 0 amide bonds. The minimum atomic E-state index is 0.729. The van der Waals surface area contributed by atoms with Crippen molar-refractivity contribution in [1.82, 2.24) is 19.9 Å². The van der Waals surface area contributed by atoms with Gasteiger partial charge in [-0.15, -0.1) is 0 Å². The lowest BCUT2D eigenvalue weighted by Gasteiger charge is -2.22. The molecular weight excluding hydrogens is 212 g/mol. The number of aryl methyl sites for hydroxylation is 1. The quantitative estimate of drug-likeness (QED) is 0.850. The molecule has 17 heavy (non-hydrogen) atoms. The maximum absolute atomic E-state index is 4.68. The van der Waals surface area contributed by atoms with Gasteiger partial charge in [0.05, 0.1) is 11.7 Å². The first-order valence-corrected chi connectivity index (χ1v) is 6.30. The second-order valence-corrected chi connectivity index (χ2v) is 4.87. The minimum absolute atomic E-state index is 0.729. The lowest BCUT2D eigenvalue weighted by atomic mass is 9.96. The molecule has 2 aromatic rings. The van der Waals surface area contributed by atoms with E-state index in [0.29, 0.717) is 0 Å². The van der Waals surface area contributed by atoms with Gasteiger partial charge in [-0.2, -0.15) is 0 Å². The SMILES string of the molecule is Cn1c(CC2CCCNC2)nc2cnccc21. The molecule has 3 heterocycles. The molecule has 0 bridgehead atoms. The zero-order chi connectivity index (χ0) is 11.7. The largest absolute Gasteiger partial charge is 0.331 e. The van der Waals surface area contributed by atoms with Crippen LogP contribution in [0.25, 0.3) is 11.0 Å². The molecule has 4 heteroatoms. The Kier molecular flexibility index (Phi) is 2.81. The van der Waals surface area contributed by atoms with Crippen LogP contribution in [-0.4, -0.2) is 27.6 Å². The lowest BCUT2D eigenvalue weighted by molar-refractivity contribution is 0.368. The van der Waals surface area contributed by atoms with Gasteiger partial charge in [0.1, 0.15) is 11.3 Å². The summed E-state index contributed by atoms with van der Waals surface area (Å²) in [5.41, 5.74) is 2.19. The normalized spacial score (nSPS) is 20.9. The van der Waals surface area contributed by atoms with Crippen molar-refractivity contribution >= 4 is 11.0 Å². The van der Waals surface area contributed by atoms with Gasteiger partial charge < -0.3 is 9.88 Å². The van der Waals surface area contributed by atoms with Crippen molar-refractivity contribution in [3.05, 3.63) is 24.3 Å². The highest BCUT2D eigenvalue weighted by atomic mass is 15.1. The van der Waals surface area contributed by atoms with Gasteiger partial charge in [-0.3, -0.25) is 4.98 Å². The van der Waals surface area contributed by atoms with E-state index in [1.807, 2.05) is 18.5 Å². The molecule has 0 spiro atoms. The van der Waals surface area contributed by atoms with Crippen molar-refractivity contribution in [2.75, 3.05) is 13.1 Å². The summed E-state index contributed by atoms with van der Waals surface area (Å²) in [7, 11) is 2.10. The van der Waals surface area contributed by atoms with Crippen molar-refractivity contribution in [3.8, 4) is 0 Å². The Morgan fingerprint density at radius 2 is 2.47 bits per heavy atom. The molecule has 1 aliphatic rings. The van der Waals surface area contributed by atoms with Crippen molar-refractivity contribution in [3.63, 3.8) is 0 Å². The van der Waals surface area contributed by atoms with Crippen LogP contribution in [0.3, 0.4) is 0 Å². The minimum Gasteiger partial charge on any atom is -0.331 e. The van der Waals surface area contributed by atoms with Crippen LogP contribution in [0.4, 0.5) is 0 Å². The molecule has 1 atom stereocenters. The predicted octanol–water partition coefficient (Wildman–Crippen LogP) is 1.51. The summed E-state index contributed by atoms with van der Waals surface area (Å²) in [5.74, 6) is 1.91. The van der Waals surface area contributed by atoms with Crippen LogP contribution >= 0.6 is 0 Å². The third-order valence-corrected chi connectivity index (χ3v) is 3.65. The summed E-state index contributed by atoms with van der Waals surface area (Å²) in [6, 6.07) is 2.03. The van der Waals surface area contributed by atoms with Crippen LogP contribution in [0.5, 0.6) is 0 Å². The Morgan fingerprint density at radius 1 is 1.53 bits per heavy atom. The van der Waals surface area contributed by atoms with Crippen LogP contribution in [0.2, 0.25) is 0 Å². The van der Waals surface area contributed by atoms with Gasteiger partial charge in [-0.1, -0.05) is 0 Å². The van der Waals surface area contributed by atoms with Crippen molar-refractivity contribution < 1.29 is 0 Å². The average Bonchev–Trinajstić information content (AvgIpc) is 2.68. The topological polar surface area (TPSA) is 42.7 Å². The Bertz CT molecular complexity index is 511. The standard InChI is InChI=1S/C13H18N4/c1-17-12-4-6-15-9-11(12)16-13(17)7-10-3-2-5-14-8-10/h4,6,9-10,14H,2-3,5,7-8H2,1H3. The molecule has 0 aromatic carbocycles. The van der Waals surface area contributed by atoms with E-state index in [4.69, 9.17) is 0 Å². The highest BCUT2D eigenvalue weighted by Crippen LogP contribution is 2.19. The van der Waals surface area contributed by atoms with Gasteiger partial charge in [-0.05, 0) is 37.9 Å². The molecular formula is C13H18N4. The van der Waals surface area contributed by atoms with E-state index in [-0.39, 0.29) is 0 Å². The first-order chi connectivity index (χ1) is 8.34. The second kappa shape index (κ2) is 4.45. The Hall–Kier alpha value is -1.42. The number of aromatic nitrogens is 3. The highest BCUT2D eigenvalue weighted by molar-refractivity contribution is 5.74. The zero-order valence-electron chi connectivity index (χ0n) is 10.2. The molecule has 0 saturated carbocycles. The van der Waals surface area contributed by atoms with Gasteiger partial charge in [0.25, 0.3) is 0 Å². The fraction of sp³-hybridized carbons (Fsp3) is 0.538.